The van der Waals surface area contributed by atoms with E-state index in [1.165, 1.54) is 31.2 Å². The van der Waals surface area contributed by atoms with E-state index in [2.05, 4.69) is 24.3 Å². The molecule has 1 aromatic rings. The third-order valence-electron chi connectivity index (χ3n) is 3.97. The van der Waals surface area contributed by atoms with Crippen LogP contribution in [0.4, 0.5) is 4.39 Å². The number of hydrogen-bond acceptors (Lipinski definition) is 1. The number of benzene rings is 1. The molecule has 0 radical (unpaired) electrons. The fraction of sp³-hybridized carbons (Fsp3) is 0.471. The van der Waals surface area contributed by atoms with E-state index in [4.69, 9.17) is 5.26 Å². The maximum absolute atomic E-state index is 12.0. The predicted octanol–water partition coefficient (Wildman–Crippen LogP) is 4.75. The van der Waals surface area contributed by atoms with E-state index in [0.29, 0.717) is 18.3 Å². The van der Waals surface area contributed by atoms with Crippen molar-refractivity contribution in [2.45, 2.75) is 38.0 Å². The first-order chi connectivity index (χ1) is 9.33. The quantitative estimate of drug-likeness (QED) is 0.714. The summed E-state index contributed by atoms with van der Waals surface area (Å²) in [5, 5.41) is 8.79. The normalized spacial score (nSPS) is 23.4. The van der Waals surface area contributed by atoms with Gasteiger partial charge < -0.3 is 0 Å². The molecule has 1 aromatic carbocycles. The lowest BCUT2D eigenvalue weighted by atomic mass is 9.78. The Morgan fingerprint density at radius 2 is 1.84 bits per heavy atom. The van der Waals surface area contributed by atoms with E-state index in [9.17, 15) is 4.39 Å². The lowest BCUT2D eigenvalue weighted by molar-refractivity contribution is 0.375. The molecule has 1 fully saturated rings. The number of halogens is 1. The summed E-state index contributed by atoms with van der Waals surface area (Å²) in [5.41, 5.74) is 2.08. The Morgan fingerprint density at radius 3 is 2.42 bits per heavy atom. The largest absolute Gasteiger partial charge is 0.251 e. The van der Waals surface area contributed by atoms with Gasteiger partial charge in [0.25, 0.3) is 0 Å². The van der Waals surface area contributed by atoms with Gasteiger partial charge >= 0.3 is 0 Å². The first kappa shape index (κ1) is 13.8. The summed E-state index contributed by atoms with van der Waals surface area (Å²) in [4.78, 5) is 0. The van der Waals surface area contributed by atoms with Crippen LogP contribution in [0, 0.1) is 17.2 Å². The highest BCUT2D eigenvalue weighted by atomic mass is 19.1. The zero-order valence-corrected chi connectivity index (χ0v) is 11.2. The molecule has 0 N–H and O–H groups in total. The van der Waals surface area contributed by atoms with Crippen LogP contribution >= 0.6 is 0 Å². The van der Waals surface area contributed by atoms with E-state index >= 15 is 0 Å². The highest BCUT2D eigenvalue weighted by Crippen LogP contribution is 2.36. The minimum Gasteiger partial charge on any atom is -0.251 e. The van der Waals surface area contributed by atoms with Gasteiger partial charge in [0.05, 0.1) is 18.3 Å². The van der Waals surface area contributed by atoms with Gasteiger partial charge in [0.1, 0.15) is 0 Å². The van der Waals surface area contributed by atoms with Crippen LogP contribution in [0.3, 0.4) is 0 Å². The third kappa shape index (κ3) is 3.92. The van der Waals surface area contributed by atoms with Crippen LogP contribution in [0.2, 0.25) is 0 Å². The summed E-state index contributed by atoms with van der Waals surface area (Å²) in [7, 11) is 0. The molecular weight excluding hydrogens is 237 g/mol. The number of allylic oxidation sites excluding steroid dienone is 2. The zero-order chi connectivity index (χ0) is 13.5. The van der Waals surface area contributed by atoms with Crippen LogP contribution in [0.5, 0.6) is 0 Å². The topological polar surface area (TPSA) is 23.8 Å². The molecule has 0 atom stereocenters. The van der Waals surface area contributed by atoms with E-state index in [0.717, 1.165) is 5.56 Å². The molecule has 0 heterocycles. The Hall–Kier alpha value is -1.62. The molecular formula is C17H20FN. The number of nitrogens with zero attached hydrogens (tertiary/aromatic N) is 1. The second-order valence-corrected chi connectivity index (χ2v) is 5.25. The number of nitriles is 1. The van der Waals surface area contributed by atoms with Gasteiger partial charge in [-0.05, 0) is 61.6 Å². The molecule has 2 rings (SSSR count). The van der Waals surface area contributed by atoms with Gasteiger partial charge in [-0.2, -0.15) is 5.26 Å². The molecule has 1 nitrogen and oxygen atoms in total. The minimum absolute atomic E-state index is 0.253. The number of hydrogen-bond donors (Lipinski definition) is 0. The van der Waals surface area contributed by atoms with Gasteiger partial charge in [-0.3, -0.25) is 4.39 Å². The van der Waals surface area contributed by atoms with E-state index in [1.807, 2.05) is 18.2 Å². The summed E-state index contributed by atoms with van der Waals surface area (Å²) in [6.45, 7) is -0.253. The first-order valence-electron chi connectivity index (χ1n) is 7.06. The van der Waals surface area contributed by atoms with Gasteiger partial charge in [-0.25, -0.2) is 0 Å². The molecule has 0 aromatic heterocycles. The second-order valence-electron chi connectivity index (χ2n) is 5.25. The van der Waals surface area contributed by atoms with Crippen molar-refractivity contribution in [3.63, 3.8) is 0 Å². The van der Waals surface area contributed by atoms with Crippen molar-refractivity contribution in [1.82, 2.24) is 0 Å². The summed E-state index contributed by atoms with van der Waals surface area (Å²) < 4.78 is 12.0. The van der Waals surface area contributed by atoms with E-state index in [-0.39, 0.29) is 6.67 Å². The van der Waals surface area contributed by atoms with Gasteiger partial charge in [0.15, 0.2) is 0 Å². The molecule has 0 unspecified atom stereocenters. The molecule has 0 spiro atoms. The van der Waals surface area contributed by atoms with Crippen LogP contribution in [0.15, 0.2) is 36.4 Å². The molecule has 0 saturated heterocycles. The summed E-state index contributed by atoms with van der Waals surface area (Å²) in [6, 6.07) is 10.1. The van der Waals surface area contributed by atoms with Crippen molar-refractivity contribution in [3.05, 3.63) is 47.5 Å². The van der Waals surface area contributed by atoms with Crippen molar-refractivity contribution in [3.8, 4) is 6.07 Å². The Morgan fingerprint density at radius 1 is 1.16 bits per heavy atom. The first-order valence-corrected chi connectivity index (χ1v) is 7.06. The van der Waals surface area contributed by atoms with Gasteiger partial charge in [0, 0.05) is 0 Å². The molecule has 0 bridgehead atoms. The maximum atomic E-state index is 12.0. The Kier molecular flexibility index (Phi) is 5.15. The third-order valence-corrected chi connectivity index (χ3v) is 3.97. The van der Waals surface area contributed by atoms with Gasteiger partial charge in [-0.1, -0.05) is 24.3 Å². The number of alkyl halides is 1. The Bertz CT molecular complexity index is 447. The fourth-order valence-corrected chi connectivity index (χ4v) is 2.83. The monoisotopic (exact) mass is 257 g/mol. The molecule has 0 amide bonds. The summed E-state index contributed by atoms with van der Waals surface area (Å²) in [6.07, 6.45) is 9.48. The van der Waals surface area contributed by atoms with Crippen molar-refractivity contribution in [2.75, 3.05) is 6.67 Å². The highest BCUT2D eigenvalue weighted by Gasteiger charge is 2.20. The lowest BCUT2D eigenvalue weighted by Gasteiger charge is -2.27. The van der Waals surface area contributed by atoms with E-state index in [1.54, 1.807) is 0 Å². The standard InChI is InChI=1S/C17H20FN/c18-12-2-1-3-14-4-8-16(9-5-14)17-10-6-15(13-19)7-11-17/h1,3,6-7,10-11,14,16H,2,4-5,8-9,12H2/b3-1+/t14-,16-. The van der Waals surface area contributed by atoms with Gasteiger partial charge in [0.2, 0.25) is 0 Å². The van der Waals surface area contributed by atoms with Crippen LogP contribution in [-0.4, -0.2) is 6.67 Å². The maximum Gasteiger partial charge on any atom is 0.0991 e. The smallest absolute Gasteiger partial charge is 0.0991 e. The molecule has 1 aliphatic carbocycles. The number of rotatable bonds is 4. The van der Waals surface area contributed by atoms with Crippen LogP contribution in [0.25, 0.3) is 0 Å². The Labute approximate surface area is 114 Å². The molecule has 1 aliphatic rings. The fourth-order valence-electron chi connectivity index (χ4n) is 2.83. The summed E-state index contributed by atoms with van der Waals surface area (Å²) in [5.74, 6) is 1.25. The minimum atomic E-state index is -0.253. The van der Waals surface area contributed by atoms with Crippen molar-refractivity contribution < 1.29 is 4.39 Å². The SMILES string of the molecule is N#Cc1ccc([C@H]2CC[C@H](/C=C/CCF)CC2)cc1. The van der Waals surface area contributed by atoms with Crippen molar-refractivity contribution in [2.24, 2.45) is 5.92 Å². The van der Waals surface area contributed by atoms with Gasteiger partial charge in [-0.15, -0.1) is 0 Å². The van der Waals surface area contributed by atoms with Crippen LogP contribution in [0.1, 0.15) is 49.1 Å². The average Bonchev–Trinajstić information content (AvgIpc) is 2.48. The lowest BCUT2D eigenvalue weighted by Crippen LogP contribution is -2.11. The Balaban J connectivity index is 1.87. The molecule has 19 heavy (non-hydrogen) atoms. The van der Waals surface area contributed by atoms with E-state index < -0.39 is 0 Å². The average molecular weight is 257 g/mol. The van der Waals surface area contributed by atoms with Crippen molar-refractivity contribution in [1.29, 1.82) is 5.26 Å². The highest BCUT2D eigenvalue weighted by molar-refractivity contribution is 5.33. The molecule has 2 heteroatoms. The zero-order valence-electron chi connectivity index (χ0n) is 11.2. The molecule has 1 saturated carbocycles. The van der Waals surface area contributed by atoms with Crippen LogP contribution < -0.4 is 0 Å². The summed E-state index contributed by atoms with van der Waals surface area (Å²) >= 11 is 0. The molecule has 0 aliphatic heterocycles. The second kappa shape index (κ2) is 7.09. The van der Waals surface area contributed by atoms with Crippen LogP contribution in [-0.2, 0) is 0 Å². The van der Waals surface area contributed by atoms with Crippen molar-refractivity contribution >= 4 is 0 Å². The predicted molar refractivity (Wildman–Crippen MR) is 75.6 cm³/mol. The molecule has 100 valence electrons.